The first-order valence-electron chi connectivity index (χ1n) is 13.2. The highest BCUT2D eigenvalue weighted by molar-refractivity contribution is 6.32. The first-order chi connectivity index (χ1) is 19.8. The molecule has 0 aromatic heterocycles. The van der Waals surface area contributed by atoms with Gasteiger partial charge in [-0.2, -0.15) is 23.2 Å². The van der Waals surface area contributed by atoms with Crippen LogP contribution in [0.1, 0.15) is 36.2 Å². The number of carbonyl (C=O) groups excluding carboxylic acids is 1. The molecule has 0 spiro atoms. The Bertz CT molecular complexity index is 1300. The zero-order valence-electron chi connectivity index (χ0n) is 23.7. The molecular formula is C28H35ClF3N7O3. The molecule has 2 aromatic rings. The van der Waals surface area contributed by atoms with Crippen molar-refractivity contribution in [2.75, 3.05) is 45.2 Å². The van der Waals surface area contributed by atoms with Gasteiger partial charge in [0.2, 0.25) is 5.96 Å². The van der Waals surface area contributed by atoms with Crippen molar-refractivity contribution in [2.24, 2.45) is 26.1 Å². The van der Waals surface area contributed by atoms with E-state index in [1.54, 1.807) is 42.5 Å². The first kappa shape index (κ1) is 32.7. The minimum Gasteiger partial charge on any atom is -0.492 e. The number of halogens is 4. The Hall–Kier alpha value is -3.84. The molecule has 10 nitrogen and oxygen atoms in total. The molecule has 14 heteroatoms. The molecule has 0 fully saturated rings. The van der Waals surface area contributed by atoms with E-state index < -0.39 is 18.8 Å². The minimum absolute atomic E-state index is 0.0613. The molecule has 228 valence electrons. The summed E-state index contributed by atoms with van der Waals surface area (Å²) in [5.74, 6) is 0.174. The number of carbonyl (C=O) groups is 1. The Morgan fingerprint density at radius 1 is 1.26 bits per heavy atom. The third kappa shape index (κ3) is 11.2. The van der Waals surface area contributed by atoms with Crippen LogP contribution in [0.5, 0.6) is 5.75 Å². The summed E-state index contributed by atoms with van der Waals surface area (Å²) in [6.07, 6.45) is -3.09. The van der Waals surface area contributed by atoms with E-state index in [1.807, 2.05) is 7.05 Å². The number of hydrogen-bond acceptors (Lipinski definition) is 7. The van der Waals surface area contributed by atoms with Crippen molar-refractivity contribution in [2.45, 2.75) is 33.0 Å². The maximum Gasteiger partial charge on any atom is 0.422 e. The van der Waals surface area contributed by atoms with Crippen LogP contribution in [0.2, 0.25) is 5.02 Å². The highest BCUT2D eigenvalue weighted by atomic mass is 35.5. The number of amidine groups is 1. The van der Waals surface area contributed by atoms with E-state index in [4.69, 9.17) is 26.8 Å². The monoisotopic (exact) mass is 609 g/mol. The molecule has 3 aliphatic heterocycles. The molecule has 0 atom stereocenters. The molecule has 0 saturated carbocycles. The molecule has 0 radical (unpaired) electrons. The maximum absolute atomic E-state index is 12.8. The largest absolute Gasteiger partial charge is 0.492 e. The van der Waals surface area contributed by atoms with Crippen LogP contribution in [-0.2, 0) is 11.3 Å². The highest BCUT2D eigenvalue weighted by Gasteiger charge is 2.29. The first-order valence-corrected chi connectivity index (χ1v) is 13.5. The van der Waals surface area contributed by atoms with E-state index in [2.05, 4.69) is 44.4 Å². The van der Waals surface area contributed by atoms with Crippen molar-refractivity contribution in [1.82, 2.24) is 10.2 Å². The van der Waals surface area contributed by atoms with Crippen LogP contribution in [0, 0.1) is 5.41 Å². The lowest BCUT2D eigenvalue weighted by molar-refractivity contribution is -0.156. The van der Waals surface area contributed by atoms with Gasteiger partial charge in [-0.15, -0.1) is 0 Å². The summed E-state index contributed by atoms with van der Waals surface area (Å²) in [5.41, 5.74) is 6.68. The molecule has 42 heavy (non-hydrogen) atoms. The number of fused-ring (bicyclic) bond motifs is 2. The van der Waals surface area contributed by atoms with Crippen LogP contribution in [0.15, 0.2) is 57.4 Å². The average Bonchev–Trinajstić information content (AvgIpc) is 2.91. The third-order valence-electron chi connectivity index (χ3n) is 5.93. The standard InChI is InChI=1S/C28H35ClF3N7O3/c1-27(2)15-35-24(40)20-6-8-21(9-7-20)37-25(38-26(36-18-33)42-17-28(30,31)32)34-14-19-5-10-23(22(29)13-19)41-12-4-11-39(3)16-27/h5-10,13,18H,4,11-12,14-17H2,1-3H3,(H,35,40)(H3,33,34,36,37,38). The average molecular weight is 610 g/mol. The third-order valence-corrected chi connectivity index (χ3v) is 6.22. The minimum atomic E-state index is -4.61. The summed E-state index contributed by atoms with van der Waals surface area (Å²) in [6.45, 7) is 5.07. The summed E-state index contributed by atoms with van der Waals surface area (Å²) >= 11 is 6.44. The molecule has 3 heterocycles. The number of nitrogens with zero attached hydrogens (tertiary/aromatic N) is 4. The van der Waals surface area contributed by atoms with E-state index in [0.29, 0.717) is 40.7 Å². The number of benzene rings is 2. The maximum atomic E-state index is 12.8. The van der Waals surface area contributed by atoms with Crippen LogP contribution in [-0.4, -0.2) is 75.2 Å². The van der Waals surface area contributed by atoms with Crippen molar-refractivity contribution in [3.8, 4) is 5.75 Å². The molecular weight excluding hydrogens is 575 g/mol. The van der Waals surface area contributed by atoms with E-state index in [0.717, 1.165) is 25.8 Å². The quantitative estimate of drug-likeness (QED) is 0.318. The molecule has 3 aliphatic rings. The van der Waals surface area contributed by atoms with Gasteiger partial charge >= 0.3 is 12.2 Å². The lowest BCUT2D eigenvalue weighted by Gasteiger charge is -2.30. The fraction of sp³-hybridized carbons (Fsp3) is 0.429. The van der Waals surface area contributed by atoms with E-state index in [1.165, 1.54) is 0 Å². The number of anilines is 1. The predicted octanol–water partition coefficient (Wildman–Crippen LogP) is 4.70. The van der Waals surface area contributed by atoms with Crippen LogP contribution in [0.4, 0.5) is 18.9 Å². The van der Waals surface area contributed by atoms with Crippen LogP contribution in [0.3, 0.4) is 0 Å². The van der Waals surface area contributed by atoms with Gasteiger partial charge in [0.25, 0.3) is 5.91 Å². The molecule has 4 bridgehead atoms. The number of guanidine groups is 1. The summed E-state index contributed by atoms with van der Waals surface area (Å²) < 4.78 is 48.8. The van der Waals surface area contributed by atoms with Crippen LogP contribution in [0.25, 0.3) is 0 Å². The van der Waals surface area contributed by atoms with Gasteiger partial charge in [-0.1, -0.05) is 31.5 Å². The van der Waals surface area contributed by atoms with E-state index >= 15 is 0 Å². The number of ether oxygens (including phenoxy) is 2. The Morgan fingerprint density at radius 2 is 2.00 bits per heavy atom. The van der Waals surface area contributed by atoms with Gasteiger partial charge in [0.1, 0.15) is 5.75 Å². The van der Waals surface area contributed by atoms with Crippen LogP contribution < -0.4 is 21.1 Å². The van der Waals surface area contributed by atoms with Crippen molar-refractivity contribution < 1.29 is 27.4 Å². The van der Waals surface area contributed by atoms with Crippen molar-refractivity contribution >= 4 is 41.5 Å². The second kappa shape index (κ2) is 14.9. The van der Waals surface area contributed by atoms with Gasteiger partial charge in [0.05, 0.1) is 24.5 Å². The Morgan fingerprint density at radius 3 is 2.67 bits per heavy atom. The van der Waals surface area contributed by atoms with E-state index in [-0.39, 0.29) is 23.8 Å². The van der Waals surface area contributed by atoms with Crippen molar-refractivity contribution in [1.29, 1.82) is 0 Å². The molecule has 0 unspecified atom stereocenters. The SMILES string of the molecule is CN1CCCOc2ccc(cc2Cl)CN=C(/N=C(\N=C\N)OCC(F)(F)F)Nc2ccc(cc2)C(=O)NCC(C)(C)C1. The molecule has 5 rings (SSSR count). The number of nitrogens with two attached hydrogens (primary N) is 1. The number of amides is 1. The molecule has 2 aromatic carbocycles. The van der Waals surface area contributed by atoms with Crippen LogP contribution >= 0.6 is 11.6 Å². The highest BCUT2D eigenvalue weighted by Crippen LogP contribution is 2.26. The number of hydrogen-bond donors (Lipinski definition) is 3. The van der Waals surface area contributed by atoms with Gasteiger partial charge in [0.15, 0.2) is 6.61 Å². The summed E-state index contributed by atoms with van der Waals surface area (Å²) in [5, 5.41) is 6.30. The molecule has 0 saturated heterocycles. The Labute approximate surface area is 247 Å². The Balaban J connectivity index is 1.94. The molecule has 1 amide bonds. The lowest BCUT2D eigenvalue weighted by Crippen LogP contribution is -2.41. The van der Waals surface area contributed by atoms with Gasteiger partial charge in [-0.05, 0) is 60.8 Å². The van der Waals surface area contributed by atoms with Gasteiger partial charge in [-0.3, -0.25) is 4.79 Å². The second-order valence-corrected chi connectivity index (χ2v) is 10.9. The summed E-state index contributed by atoms with van der Waals surface area (Å²) in [7, 11) is 2.03. The smallest absolute Gasteiger partial charge is 0.422 e. The van der Waals surface area contributed by atoms with Gasteiger partial charge in [-0.25, -0.2) is 4.99 Å². The zero-order chi connectivity index (χ0) is 30.8. The normalized spacial score (nSPS) is 17.9. The molecule has 0 aliphatic carbocycles. The van der Waals surface area contributed by atoms with Crippen molar-refractivity contribution in [3.05, 3.63) is 58.6 Å². The molecule has 4 N–H and O–H groups in total. The summed E-state index contributed by atoms with van der Waals surface area (Å²) in [4.78, 5) is 27.0. The van der Waals surface area contributed by atoms with Crippen molar-refractivity contribution in [3.63, 3.8) is 0 Å². The number of nitrogens with one attached hydrogen (secondary N) is 2. The number of aliphatic imine (C=N–C) groups is 3. The van der Waals surface area contributed by atoms with E-state index in [9.17, 15) is 18.0 Å². The fourth-order valence-corrected chi connectivity index (χ4v) is 4.32. The number of alkyl halides is 3. The van der Waals surface area contributed by atoms with Gasteiger partial charge in [0, 0.05) is 30.9 Å². The zero-order valence-corrected chi connectivity index (χ0v) is 24.4. The Kier molecular flexibility index (Phi) is 11.6. The lowest BCUT2D eigenvalue weighted by atomic mass is 9.92. The second-order valence-electron chi connectivity index (χ2n) is 10.5. The van der Waals surface area contributed by atoms with Gasteiger partial charge < -0.3 is 30.7 Å². The predicted molar refractivity (Wildman–Crippen MR) is 159 cm³/mol. The topological polar surface area (TPSA) is 126 Å². The summed E-state index contributed by atoms with van der Waals surface area (Å²) in [6, 6.07) is 11.0. The fourth-order valence-electron chi connectivity index (χ4n) is 4.07. The number of rotatable bonds is 1.